The highest BCUT2D eigenvalue weighted by Crippen LogP contribution is 2.24. The normalized spacial score (nSPS) is 17.6. The zero-order chi connectivity index (χ0) is 13.7. The number of benzene rings is 1. The maximum atomic E-state index is 5.85. The van der Waals surface area contributed by atoms with Crippen LogP contribution >= 0.6 is 11.6 Å². The van der Waals surface area contributed by atoms with Crippen LogP contribution in [0, 0.1) is 0 Å². The SMILES string of the molecule is CN1CCN(CCCOc2ccc(Cl)cc2N)CC1. The Kier molecular flexibility index (Phi) is 5.31. The summed E-state index contributed by atoms with van der Waals surface area (Å²) in [6.07, 6.45) is 1.02. The van der Waals surface area contributed by atoms with Crippen LogP contribution in [0.5, 0.6) is 5.75 Å². The highest BCUT2D eigenvalue weighted by molar-refractivity contribution is 6.30. The first-order valence-corrected chi connectivity index (χ1v) is 7.11. The lowest BCUT2D eigenvalue weighted by Crippen LogP contribution is -2.44. The van der Waals surface area contributed by atoms with Gasteiger partial charge >= 0.3 is 0 Å². The van der Waals surface area contributed by atoms with Gasteiger partial charge in [-0.2, -0.15) is 0 Å². The minimum absolute atomic E-state index is 0.604. The van der Waals surface area contributed by atoms with Crippen LogP contribution < -0.4 is 10.5 Å². The van der Waals surface area contributed by atoms with Gasteiger partial charge < -0.3 is 20.3 Å². The molecule has 1 aromatic carbocycles. The summed E-state index contributed by atoms with van der Waals surface area (Å²) in [7, 11) is 2.17. The van der Waals surface area contributed by atoms with Gasteiger partial charge in [-0.1, -0.05) is 11.6 Å². The number of anilines is 1. The van der Waals surface area contributed by atoms with Crippen molar-refractivity contribution in [2.45, 2.75) is 6.42 Å². The van der Waals surface area contributed by atoms with Crippen molar-refractivity contribution in [1.29, 1.82) is 0 Å². The number of piperazine rings is 1. The molecule has 1 fully saturated rings. The third kappa shape index (κ3) is 4.56. The zero-order valence-corrected chi connectivity index (χ0v) is 12.2. The lowest BCUT2D eigenvalue weighted by molar-refractivity contribution is 0.145. The molecule has 2 N–H and O–H groups in total. The Morgan fingerprint density at radius 2 is 2.00 bits per heavy atom. The largest absolute Gasteiger partial charge is 0.491 e. The van der Waals surface area contributed by atoms with Crippen LogP contribution in [0.1, 0.15) is 6.42 Å². The van der Waals surface area contributed by atoms with Gasteiger partial charge in [0.2, 0.25) is 0 Å². The fourth-order valence-corrected chi connectivity index (χ4v) is 2.37. The maximum Gasteiger partial charge on any atom is 0.142 e. The molecular formula is C14H22ClN3O. The van der Waals surface area contributed by atoms with Crippen molar-refractivity contribution in [2.24, 2.45) is 0 Å². The van der Waals surface area contributed by atoms with Gasteiger partial charge in [-0.3, -0.25) is 0 Å². The van der Waals surface area contributed by atoms with Crippen molar-refractivity contribution in [3.8, 4) is 5.75 Å². The van der Waals surface area contributed by atoms with E-state index in [0.717, 1.165) is 44.9 Å². The summed E-state index contributed by atoms with van der Waals surface area (Å²) in [5, 5.41) is 0.641. The molecular weight excluding hydrogens is 262 g/mol. The van der Waals surface area contributed by atoms with E-state index in [0.29, 0.717) is 17.3 Å². The molecule has 0 atom stereocenters. The van der Waals surface area contributed by atoms with E-state index < -0.39 is 0 Å². The first-order chi connectivity index (χ1) is 9.15. The number of nitrogens with zero attached hydrogens (tertiary/aromatic N) is 2. The van der Waals surface area contributed by atoms with Gasteiger partial charge in [-0.15, -0.1) is 0 Å². The maximum absolute atomic E-state index is 5.85. The Labute approximate surface area is 120 Å². The standard InChI is InChI=1S/C14H22ClN3O/c1-17-6-8-18(9-7-17)5-2-10-19-14-4-3-12(15)11-13(14)16/h3-4,11H,2,5-10,16H2,1H3. The summed E-state index contributed by atoms with van der Waals surface area (Å²) < 4.78 is 5.68. The van der Waals surface area contributed by atoms with Crippen LogP contribution in [0.25, 0.3) is 0 Å². The van der Waals surface area contributed by atoms with E-state index in [1.807, 2.05) is 6.07 Å². The monoisotopic (exact) mass is 283 g/mol. The fourth-order valence-electron chi connectivity index (χ4n) is 2.19. The van der Waals surface area contributed by atoms with Crippen molar-refractivity contribution >= 4 is 17.3 Å². The van der Waals surface area contributed by atoms with Crippen molar-refractivity contribution in [2.75, 3.05) is 52.1 Å². The van der Waals surface area contributed by atoms with Crippen molar-refractivity contribution in [3.05, 3.63) is 23.2 Å². The van der Waals surface area contributed by atoms with Gasteiger partial charge in [0.1, 0.15) is 5.75 Å². The number of hydrogen-bond donors (Lipinski definition) is 1. The predicted molar refractivity (Wildman–Crippen MR) is 79.9 cm³/mol. The van der Waals surface area contributed by atoms with E-state index in [1.165, 1.54) is 0 Å². The molecule has 2 rings (SSSR count). The van der Waals surface area contributed by atoms with Crippen LogP contribution in [-0.2, 0) is 0 Å². The Hall–Kier alpha value is -0.970. The van der Waals surface area contributed by atoms with Crippen LogP contribution in [0.15, 0.2) is 18.2 Å². The topological polar surface area (TPSA) is 41.7 Å². The fraction of sp³-hybridized carbons (Fsp3) is 0.571. The molecule has 0 aliphatic carbocycles. The Morgan fingerprint density at radius 1 is 1.26 bits per heavy atom. The minimum atomic E-state index is 0.604. The molecule has 1 saturated heterocycles. The van der Waals surface area contributed by atoms with Gasteiger partial charge in [0.25, 0.3) is 0 Å². The predicted octanol–water partition coefficient (Wildman–Crippen LogP) is 1.94. The number of rotatable bonds is 5. The summed E-state index contributed by atoms with van der Waals surface area (Å²) in [6, 6.07) is 5.35. The summed E-state index contributed by atoms with van der Waals surface area (Å²) in [5.74, 6) is 0.725. The molecule has 1 aliphatic heterocycles. The second-order valence-corrected chi connectivity index (χ2v) is 5.47. The average molecular weight is 284 g/mol. The van der Waals surface area contributed by atoms with E-state index in [4.69, 9.17) is 22.1 Å². The summed E-state index contributed by atoms with van der Waals surface area (Å²) in [5.41, 5.74) is 6.44. The molecule has 19 heavy (non-hydrogen) atoms. The van der Waals surface area contributed by atoms with E-state index in [1.54, 1.807) is 12.1 Å². The Balaban J connectivity index is 1.66. The van der Waals surface area contributed by atoms with E-state index in [-0.39, 0.29) is 0 Å². The number of nitrogens with two attached hydrogens (primary N) is 1. The van der Waals surface area contributed by atoms with Crippen LogP contribution in [0.2, 0.25) is 5.02 Å². The quantitative estimate of drug-likeness (QED) is 0.662. The molecule has 1 aromatic rings. The third-order valence-corrected chi connectivity index (χ3v) is 3.68. The second-order valence-electron chi connectivity index (χ2n) is 5.03. The molecule has 0 unspecified atom stereocenters. The minimum Gasteiger partial charge on any atom is -0.491 e. The Morgan fingerprint density at radius 3 is 2.68 bits per heavy atom. The molecule has 0 spiro atoms. The van der Waals surface area contributed by atoms with Gasteiger partial charge in [0, 0.05) is 37.7 Å². The molecule has 5 heteroatoms. The molecule has 0 saturated carbocycles. The van der Waals surface area contributed by atoms with Crippen LogP contribution in [0.4, 0.5) is 5.69 Å². The lowest BCUT2D eigenvalue weighted by Gasteiger charge is -2.32. The zero-order valence-electron chi connectivity index (χ0n) is 11.4. The van der Waals surface area contributed by atoms with E-state index in [2.05, 4.69) is 16.8 Å². The van der Waals surface area contributed by atoms with Gasteiger partial charge in [-0.05, 0) is 31.7 Å². The van der Waals surface area contributed by atoms with E-state index in [9.17, 15) is 0 Å². The number of halogens is 1. The molecule has 0 bridgehead atoms. The molecule has 4 nitrogen and oxygen atoms in total. The van der Waals surface area contributed by atoms with Crippen LogP contribution in [0.3, 0.4) is 0 Å². The first-order valence-electron chi connectivity index (χ1n) is 6.74. The van der Waals surface area contributed by atoms with Crippen LogP contribution in [-0.4, -0.2) is 56.2 Å². The molecule has 0 radical (unpaired) electrons. The van der Waals surface area contributed by atoms with Crippen molar-refractivity contribution in [1.82, 2.24) is 9.80 Å². The van der Waals surface area contributed by atoms with Gasteiger partial charge in [-0.25, -0.2) is 0 Å². The second kappa shape index (κ2) is 6.98. The lowest BCUT2D eigenvalue weighted by atomic mass is 10.3. The van der Waals surface area contributed by atoms with Crippen molar-refractivity contribution in [3.63, 3.8) is 0 Å². The summed E-state index contributed by atoms with van der Waals surface area (Å²) in [6.45, 7) is 6.40. The van der Waals surface area contributed by atoms with Gasteiger partial charge in [0.05, 0.1) is 12.3 Å². The third-order valence-electron chi connectivity index (χ3n) is 3.44. The smallest absolute Gasteiger partial charge is 0.142 e. The van der Waals surface area contributed by atoms with E-state index >= 15 is 0 Å². The average Bonchev–Trinajstić information content (AvgIpc) is 2.39. The molecule has 0 amide bonds. The molecule has 0 aromatic heterocycles. The highest BCUT2D eigenvalue weighted by atomic mass is 35.5. The number of nitrogen functional groups attached to an aromatic ring is 1. The number of ether oxygens (including phenoxy) is 1. The highest BCUT2D eigenvalue weighted by Gasteiger charge is 2.12. The Bertz CT molecular complexity index is 406. The van der Waals surface area contributed by atoms with Gasteiger partial charge in [0.15, 0.2) is 0 Å². The molecule has 1 heterocycles. The summed E-state index contributed by atoms with van der Waals surface area (Å²) in [4.78, 5) is 4.84. The number of hydrogen-bond acceptors (Lipinski definition) is 4. The molecule has 1 aliphatic rings. The summed E-state index contributed by atoms with van der Waals surface area (Å²) >= 11 is 5.85. The van der Waals surface area contributed by atoms with Crippen molar-refractivity contribution < 1.29 is 4.74 Å². The number of likely N-dealkylation sites (N-methyl/N-ethyl adjacent to an activating group) is 1. The first kappa shape index (κ1) is 14.4. The molecule has 106 valence electrons.